The van der Waals surface area contributed by atoms with Crippen LogP contribution in [0.15, 0.2) is 25.2 Å². The molecule has 0 aromatic carbocycles. The van der Waals surface area contributed by atoms with Crippen molar-refractivity contribution < 1.29 is 15.0 Å². The Morgan fingerprint density at radius 2 is 1.67 bits per heavy atom. The van der Waals surface area contributed by atoms with Crippen molar-refractivity contribution in [1.29, 1.82) is 0 Å². The highest BCUT2D eigenvalue weighted by Crippen LogP contribution is 1.48. The van der Waals surface area contributed by atoms with Gasteiger partial charge in [0, 0.05) is 0 Å². The van der Waals surface area contributed by atoms with Crippen LogP contribution in [0, 0.1) is 0 Å². The van der Waals surface area contributed by atoms with Gasteiger partial charge in [-0.1, -0.05) is 6.58 Å². The summed E-state index contributed by atoms with van der Waals surface area (Å²) in [6, 6.07) is 0. The van der Waals surface area contributed by atoms with Gasteiger partial charge in [0.05, 0.1) is 0 Å². The third-order valence-corrected chi connectivity index (χ3v) is 0.268. The number of amides is 1. The third kappa shape index (κ3) is 56.4. The number of nitrogens with two attached hydrogens (primary N) is 1. The predicted molar refractivity (Wildman–Crippen MR) is 33.8 cm³/mol. The van der Waals surface area contributed by atoms with Crippen molar-refractivity contribution in [2.75, 3.05) is 0 Å². The van der Waals surface area contributed by atoms with E-state index in [1.54, 1.807) is 0 Å². The van der Waals surface area contributed by atoms with Crippen LogP contribution in [0.5, 0.6) is 0 Å². The SMILES string of the molecule is C=CC(N)=O.OC=CO. The fourth-order valence-corrected chi connectivity index (χ4v) is 0. The maximum absolute atomic E-state index is 9.47. The Bertz CT molecular complexity index is 105. The van der Waals surface area contributed by atoms with Crippen LogP contribution in [0.1, 0.15) is 0 Å². The van der Waals surface area contributed by atoms with Crippen molar-refractivity contribution in [2.45, 2.75) is 0 Å². The highest BCUT2D eigenvalue weighted by atomic mass is 16.3. The average Bonchev–Trinajstić information content (AvgIpc) is 1.89. The molecule has 4 heteroatoms. The first-order chi connectivity index (χ1) is 4.18. The van der Waals surface area contributed by atoms with Crippen LogP contribution in [-0.2, 0) is 4.79 Å². The van der Waals surface area contributed by atoms with Crippen molar-refractivity contribution >= 4 is 5.91 Å². The van der Waals surface area contributed by atoms with Crippen molar-refractivity contribution in [3.05, 3.63) is 25.2 Å². The van der Waals surface area contributed by atoms with E-state index in [1.165, 1.54) is 0 Å². The summed E-state index contributed by atoms with van der Waals surface area (Å²) < 4.78 is 0. The summed E-state index contributed by atoms with van der Waals surface area (Å²) in [5, 5.41) is 14.9. The van der Waals surface area contributed by atoms with E-state index in [0.717, 1.165) is 6.08 Å². The molecule has 0 saturated heterocycles. The maximum Gasteiger partial charge on any atom is 0.240 e. The van der Waals surface area contributed by atoms with E-state index in [2.05, 4.69) is 12.3 Å². The molecule has 0 unspecified atom stereocenters. The summed E-state index contributed by atoms with van der Waals surface area (Å²) in [6.07, 6.45) is 2.17. The second-order valence-corrected chi connectivity index (χ2v) is 0.905. The van der Waals surface area contributed by atoms with E-state index in [1.807, 2.05) is 0 Å². The number of primary amides is 1. The minimum atomic E-state index is -0.481. The second kappa shape index (κ2) is 9.75. The fraction of sp³-hybridized carbons (Fsp3) is 0. The summed E-state index contributed by atoms with van der Waals surface area (Å²) in [7, 11) is 0. The monoisotopic (exact) mass is 131 g/mol. The Kier molecular flexibility index (Phi) is 11.4. The van der Waals surface area contributed by atoms with Crippen LogP contribution in [-0.4, -0.2) is 16.1 Å². The molecule has 0 aliphatic rings. The molecule has 0 aliphatic heterocycles. The summed E-state index contributed by atoms with van der Waals surface area (Å²) in [5.41, 5.74) is 4.53. The van der Waals surface area contributed by atoms with Crippen molar-refractivity contribution in [3.8, 4) is 0 Å². The quantitative estimate of drug-likeness (QED) is 0.352. The smallest absolute Gasteiger partial charge is 0.240 e. The van der Waals surface area contributed by atoms with Gasteiger partial charge in [0.2, 0.25) is 5.91 Å². The average molecular weight is 131 g/mol. The van der Waals surface area contributed by atoms with Crippen LogP contribution < -0.4 is 5.73 Å². The Labute approximate surface area is 52.9 Å². The van der Waals surface area contributed by atoms with E-state index >= 15 is 0 Å². The lowest BCUT2D eigenvalue weighted by atomic mass is 10.6. The van der Waals surface area contributed by atoms with E-state index < -0.39 is 5.91 Å². The zero-order valence-electron chi connectivity index (χ0n) is 4.82. The molecule has 0 bridgehead atoms. The highest BCUT2D eigenvalue weighted by Gasteiger charge is 1.69. The molecule has 1 amide bonds. The normalized spacial score (nSPS) is 7.56. The summed E-state index contributed by atoms with van der Waals surface area (Å²) in [6.45, 7) is 3.09. The first kappa shape index (κ1) is 10.5. The van der Waals surface area contributed by atoms with E-state index in [9.17, 15) is 4.79 Å². The Morgan fingerprint density at radius 3 is 1.67 bits per heavy atom. The van der Waals surface area contributed by atoms with Gasteiger partial charge in [0.1, 0.15) is 12.5 Å². The number of carbonyl (C=O) groups excluding carboxylic acids is 1. The molecule has 0 aromatic heterocycles. The molecule has 4 N–H and O–H groups in total. The largest absolute Gasteiger partial charge is 0.512 e. The first-order valence-electron chi connectivity index (χ1n) is 2.04. The molecule has 4 nitrogen and oxygen atoms in total. The van der Waals surface area contributed by atoms with Gasteiger partial charge in [-0.2, -0.15) is 0 Å². The summed E-state index contributed by atoms with van der Waals surface area (Å²) >= 11 is 0. The molecule has 0 radical (unpaired) electrons. The van der Waals surface area contributed by atoms with Gasteiger partial charge in [-0.3, -0.25) is 4.79 Å². The number of aliphatic hydroxyl groups excluding tert-OH is 2. The lowest BCUT2D eigenvalue weighted by Gasteiger charge is -1.65. The number of hydrogen-bond acceptors (Lipinski definition) is 3. The van der Waals surface area contributed by atoms with Gasteiger partial charge < -0.3 is 15.9 Å². The maximum atomic E-state index is 9.47. The van der Waals surface area contributed by atoms with Crippen LogP contribution in [0.2, 0.25) is 0 Å². The van der Waals surface area contributed by atoms with Crippen molar-refractivity contribution in [2.24, 2.45) is 5.73 Å². The molecule has 0 aliphatic carbocycles. The van der Waals surface area contributed by atoms with Crippen LogP contribution >= 0.6 is 0 Å². The fourth-order valence-electron chi connectivity index (χ4n) is 0. The highest BCUT2D eigenvalue weighted by molar-refractivity contribution is 5.84. The van der Waals surface area contributed by atoms with Crippen LogP contribution in [0.4, 0.5) is 0 Å². The molecular formula is C5H9NO3. The van der Waals surface area contributed by atoms with Gasteiger partial charge in [-0.25, -0.2) is 0 Å². The van der Waals surface area contributed by atoms with Crippen LogP contribution in [0.3, 0.4) is 0 Å². The molecular weight excluding hydrogens is 122 g/mol. The summed E-state index contributed by atoms with van der Waals surface area (Å²) in [5.74, 6) is -0.481. The molecule has 0 atom stereocenters. The molecule has 0 saturated carbocycles. The van der Waals surface area contributed by atoms with E-state index in [-0.39, 0.29) is 0 Å². The first-order valence-corrected chi connectivity index (χ1v) is 2.04. The van der Waals surface area contributed by atoms with Gasteiger partial charge >= 0.3 is 0 Å². The third-order valence-electron chi connectivity index (χ3n) is 0.268. The van der Waals surface area contributed by atoms with Crippen LogP contribution in [0.25, 0.3) is 0 Å². The second-order valence-electron chi connectivity index (χ2n) is 0.905. The zero-order valence-corrected chi connectivity index (χ0v) is 4.82. The molecule has 9 heavy (non-hydrogen) atoms. The van der Waals surface area contributed by atoms with Gasteiger partial charge in [0.25, 0.3) is 0 Å². The molecule has 0 rings (SSSR count). The van der Waals surface area contributed by atoms with Crippen molar-refractivity contribution in [1.82, 2.24) is 0 Å². The molecule has 52 valence electrons. The Balaban J connectivity index is 0. The lowest BCUT2D eigenvalue weighted by molar-refractivity contribution is -0.113. The summed E-state index contributed by atoms with van der Waals surface area (Å²) in [4.78, 5) is 9.47. The van der Waals surface area contributed by atoms with E-state index in [0.29, 0.717) is 12.5 Å². The minimum absolute atomic E-state index is 0.481. The van der Waals surface area contributed by atoms with Gasteiger partial charge in [-0.05, 0) is 6.08 Å². The molecule has 0 aromatic rings. The topological polar surface area (TPSA) is 83.6 Å². The Morgan fingerprint density at radius 1 is 1.44 bits per heavy atom. The molecule has 0 fully saturated rings. The number of rotatable bonds is 1. The van der Waals surface area contributed by atoms with Crippen molar-refractivity contribution in [3.63, 3.8) is 0 Å². The standard InChI is InChI=1S/C3H5NO.C2H4O2/c1-2-3(4)5;3-1-2-4/h2H,1H2,(H2,4,5);1-4H. The van der Waals surface area contributed by atoms with Gasteiger partial charge in [-0.15, -0.1) is 0 Å². The lowest BCUT2D eigenvalue weighted by Crippen LogP contribution is -2.04. The Hall–Kier alpha value is -1.45. The number of carbonyl (C=O) groups is 1. The van der Waals surface area contributed by atoms with Gasteiger partial charge in [0.15, 0.2) is 0 Å². The number of aliphatic hydroxyl groups is 2. The predicted octanol–water partition coefficient (Wildman–Crippen LogP) is 0.231. The molecule has 0 heterocycles. The number of hydrogen-bond donors (Lipinski definition) is 3. The minimum Gasteiger partial charge on any atom is -0.512 e. The zero-order chi connectivity index (χ0) is 7.70. The molecule has 0 spiro atoms. The van der Waals surface area contributed by atoms with E-state index in [4.69, 9.17) is 10.2 Å².